The number of amides is 1. The lowest BCUT2D eigenvalue weighted by molar-refractivity contribution is 0.0535. The maximum absolute atomic E-state index is 11.4. The van der Waals surface area contributed by atoms with E-state index in [-0.39, 0.29) is 12.1 Å². The van der Waals surface area contributed by atoms with Crippen LogP contribution in [0.3, 0.4) is 0 Å². The van der Waals surface area contributed by atoms with Crippen LogP contribution < -0.4 is 10.9 Å². The summed E-state index contributed by atoms with van der Waals surface area (Å²) in [5.74, 6) is 5.41. The van der Waals surface area contributed by atoms with Crippen molar-refractivity contribution in [3.8, 4) is 11.8 Å². The molecule has 0 fully saturated rings. The quantitative estimate of drug-likeness (QED) is 0.754. The third kappa shape index (κ3) is 5.77. The number of nitrogens with one attached hydrogen (secondary N) is 2. The van der Waals surface area contributed by atoms with Crippen molar-refractivity contribution >= 4 is 6.09 Å². The maximum Gasteiger partial charge on any atom is 0.408 e. The van der Waals surface area contributed by atoms with Gasteiger partial charge in [0.1, 0.15) is 5.60 Å². The first-order chi connectivity index (χ1) is 8.78. The van der Waals surface area contributed by atoms with Gasteiger partial charge in [0.05, 0.1) is 12.1 Å². The Balaban J connectivity index is 2.55. The zero-order chi connectivity index (χ0) is 14.5. The number of pyridine rings is 1. The monoisotopic (exact) mass is 262 g/mol. The molecular weight excluding hydrogens is 244 g/mol. The number of hydrogen-bond donors (Lipinski definition) is 2. The van der Waals surface area contributed by atoms with Crippen LogP contribution in [0.5, 0.6) is 0 Å². The highest BCUT2D eigenvalue weighted by Crippen LogP contribution is 2.05. The normalized spacial score (nSPS) is 10.3. The fraction of sp³-hybridized carbons (Fsp3) is 0.429. The largest absolute Gasteiger partial charge is 0.444 e. The molecule has 1 rings (SSSR count). The highest BCUT2D eigenvalue weighted by molar-refractivity contribution is 5.68. The third-order valence-electron chi connectivity index (χ3n) is 1.99. The van der Waals surface area contributed by atoms with E-state index in [2.05, 4.69) is 22.1 Å². The highest BCUT2D eigenvalue weighted by atomic mass is 16.6. The van der Waals surface area contributed by atoms with Crippen molar-refractivity contribution in [1.29, 1.82) is 0 Å². The van der Waals surface area contributed by atoms with Gasteiger partial charge in [-0.05, 0) is 39.3 Å². The Kier molecular flexibility index (Phi) is 4.76. The zero-order valence-electron chi connectivity index (χ0n) is 11.6. The molecule has 1 amide bonds. The lowest BCUT2D eigenvalue weighted by Crippen LogP contribution is -2.32. The summed E-state index contributed by atoms with van der Waals surface area (Å²) < 4.78 is 5.05. The van der Waals surface area contributed by atoms with Crippen molar-refractivity contribution < 1.29 is 9.53 Å². The molecule has 19 heavy (non-hydrogen) atoms. The summed E-state index contributed by atoms with van der Waals surface area (Å²) in [6.45, 7) is 7.34. The van der Waals surface area contributed by atoms with Crippen molar-refractivity contribution in [3.63, 3.8) is 0 Å². The van der Waals surface area contributed by atoms with E-state index in [4.69, 9.17) is 4.74 Å². The van der Waals surface area contributed by atoms with Gasteiger partial charge in [-0.3, -0.25) is 4.79 Å². The zero-order valence-corrected chi connectivity index (χ0v) is 11.6. The molecule has 0 aliphatic heterocycles. The van der Waals surface area contributed by atoms with E-state index in [1.54, 1.807) is 33.0 Å². The molecular formula is C14H18N2O3. The molecule has 1 heterocycles. The van der Waals surface area contributed by atoms with Crippen LogP contribution in [0.1, 0.15) is 31.9 Å². The molecule has 1 aromatic heterocycles. The fourth-order valence-corrected chi connectivity index (χ4v) is 1.25. The average molecular weight is 262 g/mol. The number of aryl methyl sites for hydroxylation is 1. The number of aromatic nitrogens is 1. The topological polar surface area (TPSA) is 71.2 Å². The number of alkyl carbamates (subject to hydrolysis) is 1. The minimum atomic E-state index is -0.537. The van der Waals surface area contributed by atoms with Crippen LogP contribution >= 0.6 is 0 Å². The van der Waals surface area contributed by atoms with E-state index in [0.717, 1.165) is 5.56 Å². The second-order valence-electron chi connectivity index (χ2n) is 5.08. The Morgan fingerprint density at radius 2 is 2.16 bits per heavy atom. The maximum atomic E-state index is 11.4. The first-order valence-electron chi connectivity index (χ1n) is 5.93. The van der Waals surface area contributed by atoms with Crippen LogP contribution in [-0.2, 0) is 4.74 Å². The van der Waals surface area contributed by atoms with Gasteiger partial charge in [0.25, 0.3) is 5.56 Å². The van der Waals surface area contributed by atoms with Crippen molar-refractivity contribution in [2.75, 3.05) is 6.54 Å². The Bertz CT molecular complexity index is 571. The predicted molar refractivity (Wildman–Crippen MR) is 72.9 cm³/mol. The van der Waals surface area contributed by atoms with Crippen LogP contribution in [0.25, 0.3) is 0 Å². The van der Waals surface area contributed by atoms with Gasteiger partial charge in [-0.25, -0.2) is 4.79 Å². The third-order valence-corrected chi connectivity index (χ3v) is 1.99. The Hall–Kier alpha value is -2.22. The van der Waals surface area contributed by atoms with Gasteiger partial charge >= 0.3 is 6.09 Å². The summed E-state index contributed by atoms with van der Waals surface area (Å²) in [6.07, 6.45) is 1.09. The fourth-order valence-electron chi connectivity index (χ4n) is 1.25. The van der Waals surface area contributed by atoms with E-state index in [1.807, 2.05) is 6.92 Å². The van der Waals surface area contributed by atoms with Gasteiger partial charge in [-0.1, -0.05) is 11.8 Å². The van der Waals surface area contributed by atoms with Gasteiger partial charge < -0.3 is 15.0 Å². The summed E-state index contributed by atoms with van der Waals surface area (Å²) in [4.78, 5) is 25.3. The Morgan fingerprint density at radius 1 is 1.47 bits per heavy atom. The summed E-state index contributed by atoms with van der Waals surface area (Å²) in [6, 6.07) is 1.69. The van der Waals surface area contributed by atoms with Crippen molar-refractivity contribution in [2.24, 2.45) is 0 Å². The van der Waals surface area contributed by atoms with Crippen LogP contribution in [0.15, 0.2) is 17.1 Å². The highest BCUT2D eigenvalue weighted by Gasteiger charge is 2.14. The first kappa shape index (κ1) is 14.8. The van der Waals surface area contributed by atoms with E-state index >= 15 is 0 Å². The Labute approximate surface area is 112 Å². The Morgan fingerprint density at radius 3 is 2.79 bits per heavy atom. The van der Waals surface area contributed by atoms with Gasteiger partial charge in [-0.2, -0.15) is 0 Å². The van der Waals surface area contributed by atoms with Gasteiger partial charge in [0.15, 0.2) is 0 Å². The van der Waals surface area contributed by atoms with E-state index in [0.29, 0.717) is 5.56 Å². The van der Waals surface area contributed by atoms with Crippen LogP contribution in [0.4, 0.5) is 4.79 Å². The minimum Gasteiger partial charge on any atom is -0.444 e. The van der Waals surface area contributed by atoms with Crippen molar-refractivity contribution in [1.82, 2.24) is 10.3 Å². The van der Waals surface area contributed by atoms with Crippen LogP contribution in [0, 0.1) is 18.8 Å². The number of aromatic amines is 1. The molecule has 0 bridgehead atoms. The molecule has 102 valence electrons. The number of hydrogen-bond acceptors (Lipinski definition) is 3. The van der Waals surface area contributed by atoms with Crippen LogP contribution in [-0.4, -0.2) is 23.2 Å². The molecule has 1 aromatic rings. The number of carbonyl (C=O) groups excluding carboxylic acids is 1. The molecule has 0 saturated heterocycles. The van der Waals surface area contributed by atoms with Crippen molar-refractivity contribution in [3.05, 3.63) is 33.7 Å². The molecule has 0 unspecified atom stereocenters. The summed E-state index contributed by atoms with van der Waals surface area (Å²) in [5.41, 5.74) is 0.524. The molecule has 5 nitrogen and oxygen atoms in total. The number of rotatable bonds is 1. The van der Waals surface area contributed by atoms with E-state index < -0.39 is 11.7 Å². The molecule has 2 N–H and O–H groups in total. The second-order valence-corrected chi connectivity index (χ2v) is 5.08. The number of ether oxygens (including phenoxy) is 1. The van der Waals surface area contributed by atoms with Crippen LogP contribution in [0.2, 0.25) is 0 Å². The second kappa shape index (κ2) is 6.10. The first-order valence-corrected chi connectivity index (χ1v) is 5.93. The van der Waals surface area contributed by atoms with Gasteiger partial charge in [-0.15, -0.1) is 0 Å². The molecule has 0 aliphatic rings. The van der Waals surface area contributed by atoms with E-state index in [1.165, 1.54) is 0 Å². The lowest BCUT2D eigenvalue weighted by Gasteiger charge is -2.18. The van der Waals surface area contributed by atoms with Crippen molar-refractivity contribution in [2.45, 2.75) is 33.3 Å². The van der Waals surface area contributed by atoms with Gasteiger partial charge in [0, 0.05) is 6.20 Å². The predicted octanol–water partition coefficient (Wildman–Crippen LogP) is 1.56. The molecule has 0 aliphatic carbocycles. The minimum absolute atomic E-state index is 0.127. The van der Waals surface area contributed by atoms with Gasteiger partial charge in [0.2, 0.25) is 0 Å². The number of carbonyl (C=O) groups is 1. The summed E-state index contributed by atoms with van der Waals surface area (Å²) in [7, 11) is 0. The lowest BCUT2D eigenvalue weighted by atomic mass is 10.2. The molecule has 0 spiro atoms. The standard InChI is InChI=1S/C14H18N2O3/c1-10-8-11(12(17)16-9-10)6-5-7-15-13(18)19-14(2,3)4/h8-9H,7H2,1-4H3,(H,15,18)(H,16,17). The molecule has 0 atom stereocenters. The summed E-state index contributed by atoms with van der Waals surface area (Å²) >= 11 is 0. The molecule has 0 radical (unpaired) electrons. The molecule has 0 aromatic carbocycles. The van der Waals surface area contributed by atoms with E-state index in [9.17, 15) is 9.59 Å². The molecule has 5 heteroatoms. The number of H-pyrrole nitrogens is 1. The smallest absolute Gasteiger partial charge is 0.408 e. The SMILES string of the molecule is Cc1c[nH]c(=O)c(C#CCNC(=O)OC(C)(C)C)c1. The summed E-state index contributed by atoms with van der Waals surface area (Å²) in [5, 5.41) is 2.50. The average Bonchev–Trinajstić information content (AvgIpc) is 2.26. The molecule has 0 saturated carbocycles.